The highest BCUT2D eigenvalue weighted by Gasteiger charge is 2.30. The summed E-state index contributed by atoms with van der Waals surface area (Å²) in [5.74, 6) is -0.415. The predicted octanol–water partition coefficient (Wildman–Crippen LogP) is 4.69. The van der Waals surface area contributed by atoms with E-state index in [1.165, 1.54) is 0 Å². The molecule has 180 valence electrons. The van der Waals surface area contributed by atoms with Gasteiger partial charge in [0.2, 0.25) is 10.0 Å². The Morgan fingerprint density at radius 1 is 0.824 bits per heavy atom. The quantitative estimate of drug-likeness (QED) is 0.434. The van der Waals surface area contributed by atoms with Gasteiger partial charge in [0.15, 0.2) is 0 Å². The Hall–Kier alpha value is -3.00. The molecule has 0 amide bonds. The molecule has 34 heavy (non-hydrogen) atoms. The molecule has 0 spiro atoms. The Bertz CT molecular complexity index is 1170. The number of hydrogen-bond acceptors (Lipinski definition) is 5. The van der Waals surface area contributed by atoms with E-state index in [0.717, 1.165) is 16.7 Å². The van der Waals surface area contributed by atoms with Crippen LogP contribution in [0.5, 0.6) is 0 Å². The molecule has 0 aliphatic rings. The van der Waals surface area contributed by atoms with Crippen molar-refractivity contribution >= 4 is 16.0 Å². The Morgan fingerprint density at radius 3 is 1.82 bits per heavy atom. The first-order valence-electron chi connectivity index (χ1n) is 11.2. The zero-order valence-electron chi connectivity index (χ0n) is 20.0. The number of hydrogen-bond donors (Lipinski definition) is 2. The van der Waals surface area contributed by atoms with Gasteiger partial charge in [-0.2, -0.15) is 0 Å². The molecule has 2 atom stereocenters. The smallest absolute Gasteiger partial charge is 0.320 e. The van der Waals surface area contributed by atoms with Crippen molar-refractivity contribution in [3.63, 3.8) is 0 Å². The third-order valence-corrected chi connectivity index (χ3v) is 6.61. The number of sulfonamides is 1. The normalized spacial score (nSPS) is 13.8. The van der Waals surface area contributed by atoms with Crippen molar-refractivity contribution in [1.29, 1.82) is 0 Å². The molecule has 0 aromatic heterocycles. The van der Waals surface area contributed by atoms with Crippen molar-refractivity contribution in [2.75, 3.05) is 6.54 Å². The van der Waals surface area contributed by atoms with Crippen LogP contribution in [0.2, 0.25) is 0 Å². The molecule has 0 aliphatic carbocycles. The maximum absolute atomic E-state index is 13.4. The molecular formula is C27H32N2O4S. The zero-order chi connectivity index (χ0) is 24.8. The molecule has 0 aliphatic heterocycles. The van der Waals surface area contributed by atoms with Crippen LogP contribution in [0.15, 0.2) is 89.8 Å². The van der Waals surface area contributed by atoms with Crippen LogP contribution in [0, 0.1) is 6.92 Å². The maximum Gasteiger partial charge on any atom is 0.320 e. The van der Waals surface area contributed by atoms with E-state index >= 15 is 0 Å². The largest absolute Gasteiger partial charge is 0.459 e. The van der Waals surface area contributed by atoms with Crippen LogP contribution in [0.4, 0.5) is 0 Å². The number of nitrogens with one attached hydrogen (secondary N) is 2. The highest BCUT2D eigenvalue weighted by molar-refractivity contribution is 7.89. The fourth-order valence-electron chi connectivity index (χ4n) is 3.60. The highest BCUT2D eigenvalue weighted by atomic mass is 32.2. The summed E-state index contributed by atoms with van der Waals surface area (Å²) in [6.07, 6.45) is 0. The molecule has 0 heterocycles. The lowest BCUT2D eigenvalue weighted by Crippen LogP contribution is -2.41. The fraction of sp³-hybridized carbons (Fsp3) is 0.296. The molecule has 0 radical (unpaired) electrons. The monoisotopic (exact) mass is 480 g/mol. The third-order valence-electron chi connectivity index (χ3n) is 5.15. The van der Waals surface area contributed by atoms with Gasteiger partial charge in [-0.15, -0.1) is 0 Å². The molecule has 0 saturated carbocycles. The number of ether oxygens (including phenoxy) is 1. The second kappa shape index (κ2) is 11.0. The number of carbonyl (C=O) groups excluding carboxylic acids is 1. The van der Waals surface area contributed by atoms with Gasteiger partial charge in [-0.3, -0.25) is 10.1 Å². The summed E-state index contributed by atoms with van der Waals surface area (Å²) < 4.78 is 35.0. The first-order valence-corrected chi connectivity index (χ1v) is 12.7. The van der Waals surface area contributed by atoms with E-state index < -0.39 is 33.7 Å². The van der Waals surface area contributed by atoms with Crippen molar-refractivity contribution < 1.29 is 17.9 Å². The number of esters is 1. The average molecular weight is 481 g/mol. The molecule has 2 N–H and O–H groups in total. The molecule has 0 saturated heterocycles. The SMILES string of the molecule is Cc1ccc(S(=O)(=O)N[C@H](c2ccccc2)[C@H](NCC(=O)OC(C)(C)C)c2ccccc2)cc1. The standard InChI is InChI=1S/C27H32N2O4S/c1-20-15-17-23(18-16-20)34(31,32)29-26(22-13-9-6-10-14-22)25(21-11-7-5-8-12-21)28-19-24(30)33-27(2,3)4/h5-18,25-26,28-29H,19H2,1-4H3/t25-,26-/m1/s1. The topological polar surface area (TPSA) is 84.5 Å². The van der Waals surface area contributed by atoms with Gasteiger partial charge in [0.25, 0.3) is 0 Å². The zero-order valence-corrected chi connectivity index (χ0v) is 20.8. The Balaban J connectivity index is 1.98. The summed E-state index contributed by atoms with van der Waals surface area (Å²) in [6.45, 7) is 7.25. The van der Waals surface area contributed by atoms with Crippen LogP contribution in [0.1, 0.15) is 49.5 Å². The van der Waals surface area contributed by atoms with E-state index in [2.05, 4.69) is 10.0 Å². The lowest BCUT2D eigenvalue weighted by molar-refractivity contribution is -0.153. The van der Waals surface area contributed by atoms with Crippen molar-refractivity contribution in [2.24, 2.45) is 0 Å². The minimum atomic E-state index is -3.85. The van der Waals surface area contributed by atoms with E-state index in [1.807, 2.05) is 88.4 Å². The lowest BCUT2D eigenvalue weighted by atomic mass is 9.94. The van der Waals surface area contributed by atoms with Gasteiger partial charge in [0.1, 0.15) is 5.60 Å². The number of benzene rings is 3. The molecule has 7 heteroatoms. The molecule has 0 fully saturated rings. The van der Waals surface area contributed by atoms with Crippen LogP contribution < -0.4 is 10.0 Å². The van der Waals surface area contributed by atoms with Crippen LogP contribution in [0.3, 0.4) is 0 Å². The average Bonchev–Trinajstić information content (AvgIpc) is 2.79. The molecular weight excluding hydrogens is 448 g/mol. The van der Waals surface area contributed by atoms with Crippen molar-refractivity contribution in [3.05, 3.63) is 102 Å². The summed E-state index contributed by atoms with van der Waals surface area (Å²) in [5, 5.41) is 3.24. The Kier molecular flexibility index (Phi) is 8.25. The van der Waals surface area contributed by atoms with E-state index in [4.69, 9.17) is 4.74 Å². The van der Waals surface area contributed by atoms with Gasteiger partial charge in [-0.05, 0) is 51.0 Å². The summed E-state index contributed by atoms with van der Waals surface area (Å²) in [5.41, 5.74) is 1.96. The number of rotatable bonds is 9. The minimum absolute atomic E-state index is 0.0770. The summed E-state index contributed by atoms with van der Waals surface area (Å²) in [4.78, 5) is 12.6. The van der Waals surface area contributed by atoms with E-state index in [0.29, 0.717) is 0 Å². The minimum Gasteiger partial charge on any atom is -0.459 e. The van der Waals surface area contributed by atoms with Gasteiger partial charge < -0.3 is 4.74 Å². The first-order chi connectivity index (χ1) is 16.0. The van der Waals surface area contributed by atoms with Gasteiger partial charge in [-0.25, -0.2) is 13.1 Å². The van der Waals surface area contributed by atoms with Crippen molar-refractivity contribution in [3.8, 4) is 0 Å². The van der Waals surface area contributed by atoms with Crippen molar-refractivity contribution in [2.45, 2.75) is 50.3 Å². The molecule has 6 nitrogen and oxygen atoms in total. The van der Waals surface area contributed by atoms with Crippen molar-refractivity contribution in [1.82, 2.24) is 10.0 Å². The summed E-state index contributed by atoms with van der Waals surface area (Å²) >= 11 is 0. The number of carbonyl (C=O) groups is 1. The van der Waals surface area contributed by atoms with Gasteiger partial charge in [-0.1, -0.05) is 78.4 Å². The molecule has 3 aromatic carbocycles. The van der Waals surface area contributed by atoms with Gasteiger partial charge in [0.05, 0.1) is 23.5 Å². The van der Waals surface area contributed by atoms with E-state index in [-0.39, 0.29) is 11.4 Å². The first kappa shape index (κ1) is 25.6. The van der Waals surface area contributed by atoms with Crippen LogP contribution >= 0.6 is 0 Å². The molecule has 0 bridgehead atoms. The van der Waals surface area contributed by atoms with Crippen LogP contribution in [-0.4, -0.2) is 26.5 Å². The molecule has 0 unspecified atom stereocenters. The third kappa shape index (κ3) is 7.25. The lowest BCUT2D eigenvalue weighted by Gasteiger charge is -2.30. The Morgan fingerprint density at radius 2 is 1.32 bits per heavy atom. The summed E-state index contributed by atoms with van der Waals surface area (Å²) in [6, 6.07) is 24.3. The van der Waals surface area contributed by atoms with Crippen LogP contribution in [0.25, 0.3) is 0 Å². The van der Waals surface area contributed by atoms with E-state index in [9.17, 15) is 13.2 Å². The second-order valence-corrected chi connectivity index (χ2v) is 10.9. The predicted molar refractivity (Wildman–Crippen MR) is 134 cm³/mol. The van der Waals surface area contributed by atoms with E-state index in [1.54, 1.807) is 24.3 Å². The van der Waals surface area contributed by atoms with Crippen LogP contribution in [-0.2, 0) is 19.6 Å². The number of aryl methyl sites for hydroxylation is 1. The Labute approximate surface area is 202 Å². The molecule has 3 aromatic rings. The maximum atomic E-state index is 13.4. The van der Waals surface area contributed by atoms with Gasteiger partial charge in [0, 0.05) is 0 Å². The second-order valence-electron chi connectivity index (χ2n) is 9.18. The molecule has 3 rings (SSSR count). The fourth-order valence-corrected chi connectivity index (χ4v) is 4.84. The van der Waals surface area contributed by atoms with Gasteiger partial charge >= 0.3 is 5.97 Å². The summed E-state index contributed by atoms with van der Waals surface area (Å²) in [7, 11) is -3.85. The highest BCUT2D eigenvalue weighted by Crippen LogP contribution is 2.31.